The first-order valence-corrected chi connectivity index (χ1v) is 6.72. The summed E-state index contributed by atoms with van der Waals surface area (Å²) in [7, 11) is 0. The molecule has 0 aliphatic rings. The van der Waals surface area contributed by atoms with Crippen LogP contribution in [0, 0.1) is 18.3 Å². The number of aryl methyl sites for hydroxylation is 1. The number of anilines is 1. The predicted octanol–water partition coefficient (Wildman–Crippen LogP) is 2.75. The highest BCUT2D eigenvalue weighted by molar-refractivity contribution is 7.98. The summed E-state index contributed by atoms with van der Waals surface area (Å²) in [6.07, 6.45) is 1.86. The minimum absolute atomic E-state index is 0.350. The van der Waals surface area contributed by atoms with Crippen molar-refractivity contribution in [2.45, 2.75) is 12.1 Å². The average Bonchev–Trinajstić information content (AvgIpc) is 2.40. The van der Waals surface area contributed by atoms with Gasteiger partial charge < -0.3 is 10.5 Å². The third-order valence-corrected chi connectivity index (χ3v) is 2.96. The first-order chi connectivity index (χ1) is 9.12. The van der Waals surface area contributed by atoms with Gasteiger partial charge in [0.15, 0.2) is 5.16 Å². The van der Waals surface area contributed by atoms with Crippen molar-refractivity contribution in [3.63, 3.8) is 0 Å². The Morgan fingerprint density at radius 2 is 2.11 bits per heavy atom. The number of nitrogens with two attached hydrogens (primary N) is 1. The van der Waals surface area contributed by atoms with E-state index in [0.717, 1.165) is 5.56 Å². The van der Waals surface area contributed by atoms with Crippen LogP contribution in [0.3, 0.4) is 0 Å². The zero-order valence-electron chi connectivity index (χ0n) is 10.5. The maximum absolute atomic E-state index is 8.89. The van der Waals surface area contributed by atoms with Crippen LogP contribution in [0.15, 0.2) is 29.4 Å². The van der Waals surface area contributed by atoms with Gasteiger partial charge in [-0.2, -0.15) is 10.2 Å². The Balaban J connectivity index is 2.36. The normalized spacial score (nSPS) is 9.95. The summed E-state index contributed by atoms with van der Waals surface area (Å²) in [6, 6.07) is 8.87. The van der Waals surface area contributed by atoms with Crippen molar-refractivity contribution in [3.8, 4) is 17.7 Å². The number of hydrogen-bond acceptors (Lipinski definition) is 6. The topological polar surface area (TPSA) is 84.8 Å². The zero-order valence-corrected chi connectivity index (χ0v) is 11.4. The van der Waals surface area contributed by atoms with Crippen molar-refractivity contribution in [2.75, 3.05) is 12.0 Å². The zero-order chi connectivity index (χ0) is 13.8. The first-order valence-electron chi connectivity index (χ1n) is 5.49. The Morgan fingerprint density at radius 1 is 1.32 bits per heavy atom. The van der Waals surface area contributed by atoms with Crippen molar-refractivity contribution < 1.29 is 4.74 Å². The Kier molecular flexibility index (Phi) is 3.88. The average molecular weight is 272 g/mol. The molecule has 0 aliphatic carbocycles. The summed E-state index contributed by atoms with van der Waals surface area (Å²) in [5.74, 6) is 1.31. The van der Waals surface area contributed by atoms with Crippen LogP contribution in [0.4, 0.5) is 5.82 Å². The van der Waals surface area contributed by atoms with Crippen LogP contribution < -0.4 is 10.5 Å². The molecule has 0 spiro atoms. The fourth-order valence-corrected chi connectivity index (χ4v) is 1.83. The fraction of sp³-hybridized carbons (Fsp3) is 0.154. The monoisotopic (exact) mass is 272 g/mol. The number of nitrogens with zero attached hydrogens (tertiary/aromatic N) is 3. The molecule has 6 heteroatoms. The number of ether oxygens (including phenoxy) is 1. The molecule has 1 aromatic heterocycles. The van der Waals surface area contributed by atoms with Gasteiger partial charge in [-0.05, 0) is 30.9 Å². The van der Waals surface area contributed by atoms with E-state index in [-0.39, 0.29) is 0 Å². The van der Waals surface area contributed by atoms with E-state index < -0.39 is 0 Å². The minimum Gasteiger partial charge on any atom is -0.438 e. The summed E-state index contributed by atoms with van der Waals surface area (Å²) in [5.41, 5.74) is 7.14. The van der Waals surface area contributed by atoms with Crippen molar-refractivity contribution in [1.29, 1.82) is 5.26 Å². The second-order valence-corrected chi connectivity index (χ2v) is 4.59. The van der Waals surface area contributed by atoms with E-state index in [2.05, 4.69) is 16.0 Å². The van der Waals surface area contributed by atoms with Crippen LogP contribution in [-0.2, 0) is 0 Å². The summed E-state index contributed by atoms with van der Waals surface area (Å²) in [5, 5.41) is 9.44. The number of nitriles is 1. The second kappa shape index (κ2) is 5.59. The van der Waals surface area contributed by atoms with Gasteiger partial charge in [-0.3, -0.25) is 0 Å². The van der Waals surface area contributed by atoms with E-state index in [1.165, 1.54) is 11.8 Å². The first kappa shape index (κ1) is 13.2. The molecule has 19 heavy (non-hydrogen) atoms. The smallest absolute Gasteiger partial charge is 0.225 e. The number of benzene rings is 1. The lowest BCUT2D eigenvalue weighted by Gasteiger charge is -2.09. The number of rotatable bonds is 3. The SMILES string of the molecule is CSc1nc(N)cc(Oc2cc(C#N)ccc2C)n1. The molecule has 0 amide bonds. The molecule has 0 saturated carbocycles. The maximum Gasteiger partial charge on any atom is 0.225 e. The Labute approximate surface area is 115 Å². The number of aromatic nitrogens is 2. The van der Waals surface area contributed by atoms with E-state index >= 15 is 0 Å². The van der Waals surface area contributed by atoms with Gasteiger partial charge in [-0.1, -0.05) is 17.8 Å². The highest BCUT2D eigenvalue weighted by Crippen LogP contribution is 2.26. The van der Waals surface area contributed by atoms with Crippen LogP contribution >= 0.6 is 11.8 Å². The third-order valence-electron chi connectivity index (χ3n) is 2.42. The summed E-state index contributed by atoms with van der Waals surface area (Å²) >= 11 is 1.38. The van der Waals surface area contributed by atoms with Gasteiger partial charge in [0.25, 0.3) is 0 Å². The molecule has 0 atom stereocenters. The maximum atomic E-state index is 8.89. The largest absolute Gasteiger partial charge is 0.438 e. The highest BCUT2D eigenvalue weighted by Gasteiger charge is 2.07. The number of nitrogen functional groups attached to an aromatic ring is 1. The molecule has 2 rings (SSSR count). The van der Waals surface area contributed by atoms with Crippen molar-refractivity contribution in [2.24, 2.45) is 0 Å². The molecular formula is C13H12N4OS. The molecule has 0 saturated heterocycles. The van der Waals surface area contributed by atoms with Gasteiger partial charge in [0.2, 0.25) is 5.88 Å². The second-order valence-electron chi connectivity index (χ2n) is 3.81. The van der Waals surface area contributed by atoms with Gasteiger partial charge >= 0.3 is 0 Å². The summed E-state index contributed by atoms with van der Waals surface area (Å²) in [6.45, 7) is 1.90. The number of thioether (sulfide) groups is 1. The van der Waals surface area contributed by atoms with Gasteiger partial charge in [-0.25, -0.2) is 4.98 Å². The van der Waals surface area contributed by atoms with E-state index in [9.17, 15) is 0 Å². The minimum atomic E-state index is 0.350. The fourth-order valence-electron chi connectivity index (χ4n) is 1.46. The Morgan fingerprint density at radius 3 is 2.79 bits per heavy atom. The molecule has 0 unspecified atom stereocenters. The van der Waals surface area contributed by atoms with Gasteiger partial charge in [-0.15, -0.1) is 0 Å². The van der Waals surface area contributed by atoms with Crippen LogP contribution in [0.5, 0.6) is 11.6 Å². The number of hydrogen-bond donors (Lipinski definition) is 1. The van der Waals surface area contributed by atoms with Crippen LogP contribution in [-0.4, -0.2) is 16.2 Å². The Bertz CT molecular complexity index is 652. The molecule has 0 radical (unpaired) electrons. The van der Waals surface area contributed by atoms with E-state index in [1.807, 2.05) is 19.2 Å². The molecule has 1 heterocycles. The van der Waals surface area contributed by atoms with Gasteiger partial charge in [0.1, 0.15) is 11.6 Å². The molecule has 96 valence electrons. The Hall–Kier alpha value is -2.26. The molecular weight excluding hydrogens is 260 g/mol. The third kappa shape index (κ3) is 3.14. The van der Waals surface area contributed by atoms with E-state index in [0.29, 0.717) is 28.2 Å². The molecule has 0 fully saturated rings. The van der Waals surface area contributed by atoms with Crippen LogP contribution in [0.25, 0.3) is 0 Å². The summed E-state index contributed by atoms with van der Waals surface area (Å²) in [4.78, 5) is 8.26. The van der Waals surface area contributed by atoms with Crippen molar-refractivity contribution in [3.05, 3.63) is 35.4 Å². The van der Waals surface area contributed by atoms with Crippen molar-refractivity contribution in [1.82, 2.24) is 9.97 Å². The molecule has 2 aromatic rings. The molecule has 2 N–H and O–H groups in total. The van der Waals surface area contributed by atoms with Gasteiger partial charge in [0, 0.05) is 6.07 Å². The van der Waals surface area contributed by atoms with Crippen LogP contribution in [0.2, 0.25) is 0 Å². The lowest BCUT2D eigenvalue weighted by atomic mass is 10.1. The standard InChI is InChI=1S/C13H12N4OS/c1-8-3-4-9(7-14)5-10(8)18-12-6-11(15)16-13(17-12)19-2/h3-6H,1-2H3,(H2,15,16,17). The van der Waals surface area contributed by atoms with Crippen LogP contribution in [0.1, 0.15) is 11.1 Å². The predicted molar refractivity (Wildman–Crippen MR) is 74.2 cm³/mol. The van der Waals surface area contributed by atoms with Gasteiger partial charge in [0.05, 0.1) is 11.6 Å². The van der Waals surface area contributed by atoms with E-state index in [4.69, 9.17) is 15.7 Å². The molecule has 1 aromatic carbocycles. The lowest BCUT2D eigenvalue weighted by molar-refractivity contribution is 0.453. The molecule has 0 aliphatic heterocycles. The summed E-state index contributed by atoms with van der Waals surface area (Å²) < 4.78 is 5.68. The van der Waals surface area contributed by atoms with E-state index in [1.54, 1.807) is 18.2 Å². The molecule has 0 bridgehead atoms. The van der Waals surface area contributed by atoms with Crippen molar-refractivity contribution >= 4 is 17.6 Å². The quantitative estimate of drug-likeness (QED) is 0.683. The molecule has 5 nitrogen and oxygen atoms in total. The lowest BCUT2D eigenvalue weighted by Crippen LogP contribution is -1.98. The highest BCUT2D eigenvalue weighted by atomic mass is 32.2.